The van der Waals surface area contributed by atoms with Gasteiger partial charge in [-0.3, -0.25) is 23.9 Å². The lowest BCUT2D eigenvalue weighted by atomic mass is 9.87. The Morgan fingerprint density at radius 1 is 1.06 bits per heavy atom. The number of amides is 2. The van der Waals surface area contributed by atoms with E-state index in [1.807, 2.05) is 0 Å². The summed E-state index contributed by atoms with van der Waals surface area (Å²) in [6, 6.07) is 13.1. The molecule has 0 aliphatic carbocycles. The van der Waals surface area contributed by atoms with Crippen molar-refractivity contribution in [2.75, 3.05) is 4.90 Å². The summed E-state index contributed by atoms with van der Waals surface area (Å²) in [5.74, 6) is -0.859. The summed E-state index contributed by atoms with van der Waals surface area (Å²) in [5, 5.41) is 0.397. The van der Waals surface area contributed by atoms with E-state index >= 15 is 0 Å². The summed E-state index contributed by atoms with van der Waals surface area (Å²) in [4.78, 5) is 59.2. The Morgan fingerprint density at radius 2 is 1.79 bits per heavy atom. The molecule has 4 heterocycles. The van der Waals surface area contributed by atoms with Gasteiger partial charge in [0.05, 0.1) is 22.9 Å². The number of rotatable bonds is 2. The van der Waals surface area contributed by atoms with Gasteiger partial charge in [-0.1, -0.05) is 30.3 Å². The number of hydrogen-bond donors (Lipinski definition) is 0. The predicted molar refractivity (Wildman–Crippen MR) is 117 cm³/mol. The lowest BCUT2D eigenvalue weighted by Crippen LogP contribution is -2.53. The second-order valence-electron chi connectivity index (χ2n) is 9.14. The van der Waals surface area contributed by atoms with Crippen molar-refractivity contribution in [1.29, 1.82) is 0 Å². The molecule has 9 nitrogen and oxygen atoms in total. The molecule has 2 fully saturated rings. The zero-order chi connectivity index (χ0) is 23.1. The van der Waals surface area contributed by atoms with Crippen molar-refractivity contribution in [2.45, 2.75) is 43.6 Å². The fraction of sp³-hybridized carbons (Fsp3) is 0.292. The highest BCUT2D eigenvalue weighted by atomic mass is 16.6. The molecular weight excluding hydrogens is 424 g/mol. The van der Waals surface area contributed by atoms with Gasteiger partial charge in [0.15, 0.2) is 11.8 Å². The number of aromatic nitrogens is 2. The van der Waals surface area contributed by atoms with Crippen LogP contribution in [0.5, 0.6) is 0 Å². The lowest BCUT2D eigenvalue weighted by Gasteiger charge is -2.37. The number of fused-ring (bicyclic) bond motifs is 6. The topological polar surface area (TPSA) is 102 Å². The number of benzene rings is 2. The average molecular weight is 444 g/mol. The molecule has 2 aromatic carbocycles. The molecule has 166 valence electrons. The van der Waals surface area contributed by atoms with Crippen LogP contribution in [-0.4, -0.2) is 44.4 Å². The van der Waals surface area contributed by atoms with E-state index in [9.17, 15) is 19.2 Å². The lowest BCUT2D eigenvalue weighted by molar-refractivity contribution is -0.158. The molecule has 33 heavy (non-hydrogen) atoms. The highest BCUT2D eigenvalue weighted by molar-refractivity contribution is 6.07. The Bertz CT molecular complexity index is 1430. The highest BCUT2D eigenvalue weighted by Gasteiger charge is 2.69. The van der Waals surface area contributed by atoms with Crippen molar-refractivity contribution in [3.8, 4) is 0 Å². The number of esters is 1. The van der Waals surface area contributed by atoms with Gasteiger partial charge in [-0.2, -0.15) is 0 Å². The van der Waals surface area contributed by atoms with Crippen LogP contribution in [0.1, 0.15) is 31.9 Å². The Labute approximate surface area is 188 Å². The molecule has 1 spiro atoms. The molecule has 0 radical (unpaired) electrons. The largest absolute Gasteiger partial charge is 0.448 e. The highest BCUT2D eigenvalue weighted by Crippen LogP contribution is 2.58. The van der Waals surface area contributed by atoms with Crippen LogP contribution >= 0.6 is 0 Å². The third-order valence-electron chi connectivity index (χ3n) is 7.12. The predicted octanol–water partition coefficient (Wildman–Crippen LogP) is 1.70. The van der Waals surface area contributed by atoms with Crippen LogP contribution in [0.25, 0.3) is 10.9 Å². The maximum atomic E-state index is 13.3. The molecule has 0 bridgehead atoms. The number of carbonyl (C=O) groups excluding carboxylic acids is 3. The molecule has 0 saturated carbocycles. The van der Waals surface area contributed by atoms with Gasteiger partial charge in [0.1, 0.15) is 11.6 Å². The van der Waals surface area contributed by atoms with Crippen molar-refractivity contribution in [1.82, 2.24) is 14.5 Å². The SMILES string of the molecule is CC1(C)C(=O)N2c3ccccc3[C@@]3(C[C@@H](n4cnc5ccccc5c4=O)C(=O)O3)[C@@H]2N1C=O. The van der Waals surface area contributed by atoms with Crippen molar-refractivity contribution < 1.29 is 19.1 Å². The van der Waals surface area contributed by atoms with Gasteiger partial charge >= 0.3 is 5.97 Å². The second-order valence-corrected chi connectivity index (χ2v) is 9.14. The number of para-hydroxylation sites is 2. The smallest absolute Gasteiger partial charge is 0.330 e. The molecule has 3 aromatic rings. The number of carbonyl (C=O) groups is 3. The quantitative estimate of drug-likeness (QED) is 0.441. The van der Waals surface area contributed by atoms with Crippen LogP contribution in [0.15, 0.2) is 59.7 Å². The number of nitrogens with zero attached hydrogens (tertiary/aromatic N) is 4. The third kappa shape index (κ3) is 2.28. The van der Waals surface area contributed by atoms with Crippen LogP contribution < -0.4 is 10.5 Å². The van der Waals surface area contributed by atoms with Crippen LogP contribution in [0, 0.1) is 0 Å². The van der Waals surface area contributed by atoms with Crippen LogP contribution in [-0.2, 0) is 24.7 Å². The maximum Gasteiger partial charge on any atom is 0.330 e. The van der Waals surface area contributed by atoms with Gasteiger partial charge < -0.3 is 9.64 Å². The molecule has 0 N–H and O–H groups in total. The van der Waals surface area contributed by atoms with E-state index in [1.54, 1.807) is 67.3 Å². The van der Waals surface area contributed by atoms with E-state index in [1.165, 1.54) is 15.8 Å². The number of ether oxygens (including phenoxy) is 1. The first-order valence-corrected chi connectivity index (χ1v) is 10.7. The molecule has 3 atom stereocenters. The Hall–Kier alpha value is -4.01. The van der Waals surface area contributed by atoms with Gasteiger partial charge in [-0.05, 0) is 32.0 Å². The first kappa shape index (κ1) is 19.7. The summed E-state index contributed by atoms with van der Waals surface area (Å²) >= 11 is 0. The molecule has 2 amide bonds. The van der Waals surface area contributed by atoms with Crippen molar-refractivity contribution in [2.24, 2.45) is 0 Å². The van der Waals surface area contributed by atoms with Gasteiger partial charge in [-0.15, -0.1) is 0 Å². The zero-order valence-electron chi connectivity index (χ0n) is 18.0. The van der Waals surface area contributed by atoms with E-state index in [-0.39, 0.29) is 17.9 Å². The van der Waals surface area contributed by atoms with E-state index in [0.29, 0.717) is 28.6 Å². The van der Waals surface area contributed by atoms with Crippen molar-refractivity contribution in [3.05, 3.63) is 70.8 Å². The first-order chi connectivity index (χ1) is 15.8. The molecular formula is C24H20N4O5. The van der Waals surface area contributed by atoms with E-state index in [0.717, 1.165) is 0 Å². The average Bonchev–Trinajstić information content (AvgIpc) is 3.36. The minimum absolute atomic E-state index is 0.0810. The van der Waals surface area contributed by atoms with Crippen molar-refractivity contribution >= 4 is 34.9 Å². The number of hydrogen-bond acceptors (Lipinski definition) is 6. The third-order valence-corrected chi connectivity index (χ3v) is 7.12. The molecule has 0 unspecified atom stereocenters. The van der Waals surface area contributed by atoms with Gasteiger partial charge in [0.25, 0.3) is 11.5 Å². The summed E-state index contributed by atoms with van der Waals surface area (Å²) in [6.07, 6.45) is 1.22. The molecule has 9 heteroatoms. The van der Waals surface area contributed by atoms with E-state index in [2.05, 4.69) is 4.98 Å². The standard InChI is InChI=1S/C24H20N4O5/c1-23(2)22(32)28-17-10-6-4-8-15(17)24(21(28)27(23)13-29)11-18(20(31)33-24)26-12-25-16-9-5-3-7-14(16)19(26)30/h3-10,12-13,18,21H,11H2,1-2H3/t18-,21-,24+/m1/s1. The molecule has 6 rings (SSSR count). The first-order valence-electron chi connectivity index (χ1n) is 10.7. The monoisotopic (exact) mass is 444 g/mol. The Morgan fingerprint density at radius 3 is 2.58 bits per heavy atom. The summed E-state index contributed by atoms with van der Waals surface area (Å²) < 4.78 is 7.33. The van der Waals surface area contributed by atoms with Gasteiger partial charge in [-0.25, -0.2) is 9.78 Å². The number of anilines is 1. The van der Waals surface area contributed by atoms with Crippen LogP contribution in [0.4, 0.5) is 5.69 Å². The Balaban J connectivity index is 1.53. The van der Waals surface area contributed by atoms with E-state index in [4.69, 9.17) is 4.74 Å². The molecule has 3 aliphatic heterocycles. The van der Waals surface area contributed by atoms with Crippen molar-refractivity contribution in [3.63, 3.8) is 0 Å². The fourth-order valence-corrected chi connectivity index (χ4v) is 5.49. The van der Waals surface area contributed by atoms with Gasteiger partial charge in [0, 0.05) is 12.0 Å². The van der Waals surface area contributed by atoms with Gasteiger partial charge in [0.2, 0.25) is 6.41 Å². The maximum absolute atomic E-state index is 13.3. The van der Waals surface area contributed by atoms with E-state index < -0.39 is 29.3 Å². The normalized spacial score (nSPS) is 27.2. The zero-order valence-corrected chi connectivity index (χ0v) is 18.0. The fourth-order valence-electron chi connectivity index (χ4n) is 5.49. The summed E-state index contributed by atoms with van der Waals surface area (Å²) in [6.45, 7) is 3.34. The van der Waals surface area contributed by atoms with Crippen LogP contribution in [0.2, 0.25) is 0 Å². The van der Waals surface area contributed by atoms with Crippen LogP contribution in [0.3, 0.4) is 0 Å². The summed E-state index contributed by atoms with van der Waals surface area (Å²) in [7, 11) is 0. The second kappa shape index (κ2) is 6.28. The molecule has 3 aliphatic rings. The Kier molecular flexibility index (Phi) is 3.74. The minimum Gasteiger partial charge on any atom is -0.448 e. The molecule has 2 saturated heterocycles. The summed E-state index contributed by atoms with van der Waals surface area (Å²) in [5.41, 5.74) is -0.983. The minimum atomic E-state index is -1.30. The molecule has 1 aromatic heterocycles.